The van der Waals surface area contributed by atoms with E-state index in [9.17, 15) is 14.3 Å². The summed E-state index contributed by atoms with van der Waals surface area (Å²) in [7, 11) is 0. The van der Waals surface area contributed by atoms with Gasteiger partial charge >= 0.3 is 5.97 Å². The summed E-state index contributed by atoms with van der Waals surface area (Å²) in [5.41, 5.74) is 4.18. The Morgan fingerprint density at radius 2 is 1.76 bits per heavy atom. The zero-order valence-corrected chi connectivity index (χ0v) is 14.6. The summed E-state index contributed by atoms with van der Waals surface area (Å²) >= 11 is 0. The van der Waals surface area contributed by atoms with Crippen molar-refractivity contribution in [2.75, 3.05) is 31.1 Å². The van der Waals surface area contributed by atoms with Crippen LogP contribution in [0.4, 0.5) is 10.1 Å². The molecular weight excluding hydrogens is 319 g/mol. The number of aliphatic carboxylic acids is 1. The molecule has 1 heterocycles. The van der Waals surface area contributed by atoms with E-state index >= 15 is 0 Å². The smallest absolute Gasteiger partial charge is 0.325 e. The molecule has 1 aliphatic rings. The Kier molecular flexibility index (Phi) is 5.04. The SMILES string of the molecule is Cc1ccc(N2CCN([C@H](C(=O)O)c3cccc(F)c3)CC2)cc1C. The van der Waals surface area contributed by atoms with Crippen LogP contribution in [-0.4, -0.2) is 42.2 Å². The highest BCUT2D eigenvalue weighted by molar-refractivity contribution is 5.75. The van der Waals surface area contributed by atoms with Gasteiger partial charge < -0.3 is 10.0 Å². The minimum atomic E-state index is -0.940. The lowest BCUT2D eigenvalue weighted by molar-refractivity contribution is -0.143. The van der Waals surface area contributed by atoms with Crippen molar-refractivity contribution in [3.05, 3.63) is 65.0 Å². The third-order valence-electron chi connectivity index (χ3n) is 4.93. The number of benzene rings is 2. The monoisotopic (exact) mass is 342 g/mol. The maximum Gasteiger partial charge on any atom is 0.325 e. The van der Waals surface area contributed by atoms with Crippen molar-refractivity contribution in [2.45, 2.75) is 19.9 Å². The summed E-state index contributed by atoms with van der Waals surface area (Å²) in [5, 5.41) is 9.64. The molecule has 0 amide bonds. The van der Waals surface area contributed by atoms with Gasteiger partial charge in [0.05, 0.1) is 0 Å². The first-order valence-corrected chi connectivity index (χ1v) is 8.50. The van der Waals surface area contributed by atoms with Crippen LogP contribution in [0.1, 0.15) is 22.7 Å². The van der Waals surface area contributed by atoms with E-state index in [1.165, 1.54) is 28.9 Å². The number of anilines is 1. The van der Waals surface area contributed by atoms with Crippen LogP contribution in [0.15, 0.2) is 42.5 Å². The number of piperazine rings is 1. The number of carboxylic acid groups (broad SMARTS) is 1. The molecule has 5 heteroatoms. The summed E-state index contributed by atoms with van der Waals surface area (Å²) in [4.78, 5) is 15.9. The molecule has 1 fully saturated rings. The van der Waals surface area contributed by atoms with Gasteiger partial charge in [0.2, 0.25) is 0 Å². The van der Waals surface area contributed by atoms with Gasteiger partial charge in [-0.3, -0.25) is 9.69 Å². The van der Waals surface area contributed by atoms with Crippen LogP contribution in [0.5, 0.6) is 0 Å². The van der Waals surface area contributed by atoms with Gasteiger partial charge in [0.15, 0.2) is 0 Å². The molecule has 1 saturated heterocycles. The van der Waals surface area contributed by atoms with Crippen molar-refractivity contribution in [1.82, 2.24) is 4.90 Å². The minimum Gasteiger partial charge on any atom is -0.480 e. The van der Waals surface area contributed by atoms with E-state index < -0.39 is 17.8 Å². The molecule has 0 unspecified atom stereocenters. The van der Waals surface area contributed by atoms with Crippen LogP contribution in [0.25, 0.3) is 0 Å². The molecule has 1 aliphatic heterocycles. The average Bonchev–Trinajstić information content (AvgIpc) is 2.58. The van der Waals surface area contributed by atoms with Gasteiger partial charge in [0.1, 0.15) is 11.9 Å². The molecule has 2 aromatic carbocycles. The molecule has 4 nitrogen and oxygen atoms in total. The molecule has 0 saturated carbocycles. The number of nitrogens with zero attached hydrogens (tertiary/aromatic N) is 2. The van der Waals surface area contributed by atoms with Crippen LogP contribution in [-0.2, 0) is 4.79 Å². The van der Waals surface area contributed by atoms with Gasteiger partial charge in [-0.05, 0) is 54.8 Å². The Morgan fingerprint density at radius 1 is 1.04 bits per heavy atom. The average molecular weight is 342 g/mol. The summed E-state index contributed by atoms with van der Waals surface area (Å²) < 4.78 is 13.5. The zero-order valence-electron chi connectivity index (χ0n) is 14.6. The highest BCUT2D eigenvalue weighted by atomic mass is 19.1. The lowest BCUT2D eigenvalue weighted by atomic mass is 10.0. The van der Waals surface area contributed by atoms with Gasteiger partial charge in [0, 0.05) is 31.9 Å². The minimum absolute atomic E-state index is 0.405. The number of halogens is 1. The fourth-order valence-corrected chi connectivity index (χ4v) is 3.35. The quantitative estimate of drug-likeness (QED) is 0.925. The normalized spacial score (nSPS) is 16.7. The van der Waals surface area contributed by atoms with E-state index in [4.69, 9.17) is 0 Å². The van der Waals surface area contributed by atoms with Crippen molar-refractivity contribution < 1.29 is 14.3 Å². The summed E-state index contributed by atoms with van der Waals surface area (Å²) in [6.45, 7) is 6.94. The Balaban J connectivity index is 1.73. The molecular formula is C20H23FN2O2. The first-order valence-electron chi connectivity index (χ1n) is 8.50. The van der Waals surface area contributed by atoms with Crippen LogP contribution in [0, 0.1) is 19.7 Å². The van der Waals surface area contributed by atoms with Crippen molar-refractivity contribution in [3.63, 3.8) is 0 Å². The highest BCUT2D eigenvalue weighted by Crippen LogP contribution is 2.26. The largest absolute Gasteiger partial charge is 0.480 e. The molecule has 1 atom stereocenters. The van der Waals surface area contributed by atoms with Crippen LogP contribution in [0.3, 0.4) is 0 Å². The van der Waals surface area contributed by atoms with E-state index in [-0.39, 0.29) is 0 Å². The number of carbonyl (C=O) groups is 1. The molecule has 0 aliphatic carbocycles. The van der Waals surface area contributed by atoms with Gasteiger partial charge in [-0.1, -0.05) is 18.2 Å². The Bertz CT molecular complexity index is 770. The highest BCUT2D eigenvalue weighted by Gasteiger charge is 2.30. The number of aryl methyl sites for hydroxylation is 2. The number of rotatable bonds is 4. The maximum atomic E-state index is 13.5. The van der Waals surface area contributed by atoms with Crippen molar-refractivity contribution >= 4 is 11.7 Å². The summed E-state index contributed by atoms with van der Waals surface area (Å²) in [5.74, 6) is -1.34. The van der Waals surface area contributed by atoms with E-state index in [2.05, 4.69) is 36.9 Å². The fourth-order valence-electron chi connectivity index (χ4n) is 3.35. The lowest BCUT2D eigenvalue weighted by Gasteiger charge is -2.39. The molecule has 132 valence electrons. The second-order valence-corrected chi connectivity index (χ2v) is 6.59. The van der Waals surface area contributed by atoms with Crippen molar-refractivity contribution in [2.24, 2.45) is 0 Å². The Morgan fingerprint density at radius 3 is 2.36 bits per heavy atom. The second-order valence-electron chi connectivity index (χ2n) is 6.59. The van der Waals surface area contributed by atoms with Crippen LogP contribution < -0.4 is 4.90 Å². The first kappa shape index (κ1) is 17.4. The predicted octanol–water partition coefficient (Wildman–Crippen LogP) is 3.39. The third-order valence-corrected chi connectivity index (χ3v) is 4.93. The zero-order chi connectivity index (χ0) is 18.0. The van der Waals surface area contributed by atoms with Gasteiger partial charge in [-0.25, -0.2) is 4.39 Å². The van der Waals surface area contributed by atoms with Gasteiger partial charge in [-0.2, -0.15) is 0 Å². The number of hydrogen-bond donors (Lipinski definition) is 1. The number of carboxylic acids is 1. The molecule has 0 radical (unpaired) electrons. The number of hydrogen-bond acceptors (Lipinski definition) is 3. The molecule has 1 N–H and O–H groups in total. The summed E-state index contributed by atoms with van der Waals surface area (Å²) in [6, 6.07) is 11.5. The van der Waals surface area contributed by atoms with Crippen LogP contribution in [0.2, 0.25) is 0 Å². The van der Waals surface area contributed by atoms with Gasteiger partial charge in [0.25, 0.3) is 0 Å². The maximum absolute atomic E-state index is 13.5. The fraction of sp³-hybridized carbons (Fsp3) is 0.350. The van der Waals surface area contributed by atoms with E-state index in [0.717, 1.165) is 13.1 Å². The molecule has 0 bridgehead atoms. The molecule has 2 aromatic rings. The molecule has 25 heavy (non-hydrogen) atoms. The van der Waals surface area contributed by atoms with Gasteiger partial charge in [-0.15, -0.1) is 0 Å². The summed E-state index contributed by atoms with van der Waals surface area (Å²) in [6.07, 6.45) is 0. The van der Waals surface area contributed by atoms with Crippen molar-refractivity contribution in [3.8, 4) is 0 Å². The van der Waals surface area contributed by atoms with Crippen LogP contribution >= 0.6 is 0 Å². The standard InChI is InChI=1S/C20H23FN2O2/c1-14-6-7-18(12-15(14)2)22-8-10-23(11-9-22)19(20(24)25)16-4-3-5-17(21)13-16/h3-7,12-13,19H,8-11H2,1-2H3,(H,24,25)/t19-/m0/s1. The van der Waals surface area contributed by atoms with E-state index in [1.54, 1.807) is 12.1 Å². The molecule has 0 spiro atoms. The van der Waals surface area contributed by atoms with E-state index in [0.29, 0.717) is 18.7 Å². The molecule has 3 rings (SSSR count). The first-order chi connectivity index (χ1) is 12.0. The van der Waals surface area contributed by atoms with E-state index in [1.807, 2.05) is 4.90 Å². The second kappa shape index (κ2) is 7.23. The molecule has 0 aromatic heterocycles. The lowest BCUT2D eigenvalue weighted by Crippen LogP contribution is -2.49. The van der Waals surface area contributed by atoms with Crippen molar-refractivity contribution in [1.29, 1.82) is 0 Å². The Hall–Kier alpha value is -2.40. The predicted molar refractivity (Wildman–Crippen MR) is 96.5 cm³/mol. The Labute approximate surface area is 147 Å². The topological polar surface area (TPSA) is 43.8 Å². The third kappa shape index (κ3) is 3.82.